The van der Waals surface area contributed by atoms with Gasteiger partial charge in [0.25, 0.3) is 5.91 Å². The molecule has 34 heavy (non-hydrogen) atoms. The number of nitrogens with one attached hydrogen (secondary N) is 2. The molecular formula is C25H23ClN2O5S. The number of carboxylic acid groups (broad SMARTS) is 1. The van der Waals surface area contributed by atoms with Gasteiger partial charge in [0.2, 0.25) is 5.91 Å². The van der Waals surface area contributed by atoms with Gasteiger partial charge in [-0.05, 0) is 61.0 Å². The average molecular weight is 499 g/mol. The normalized spacial score (nSPS) is 11.4. The summed E-state index contributed by atoms with van der Waals surface area (Å²) in [6, 6.07) is 18.4. The first-order valence-electron chi connectivity index (χ1n) is 10.4. The van der Waals surface area contributed by atoms with Crippen molar-refractivity contribution in [3.8, 4) is 5.75 Å². The van der Waals surface area contributed by atoms with Crippen molar-refractivity contribution in [2.75, 3.05) is 17.7 Å². The summed E-state index contributed by atoms with van der Waals surface area (Å²) in [5.41, 5.74) is 1.33. The second-order valence-corrected chi connectivity index (χ2v) is 8.90. The van der Waals surface area contributed by atoms with Crippen LogP contribution in [0.1, 0.15) is 34.1 Å². The molecule has 0 saturated heterocycles. The maximum absolute atomic E-state index is 12.8. The SMILES string of the molecule is CCC(Sc1cccc(NC(=O)c2cccc(OC)c2)c1)C(=O)Nc1ccc(Cl)c(C(=O)O)c1. The Morgan fingerprint density at radius 2 is 1.74 bits per heavy atom. The van der Waals surface area contributed by atoms with E-state index in [2.05, 4.69) is 10.6 Å². The summed E-state index contributed by atoms with van der Waals surface area (Å²) in [7, 11) is 1.54. The van der Waals surface area contributed by atoms with Gasteiger partial charge < -0.3 is 20.5 Å². The molecule has 3 N–H and O–H groups in total. The lowest BCUT2D eigenvalue weighted by atomic mass is 10.2. The summed E-state index contributed by atoms with van der Waals surface area (Å²) in [6.45, 7) is 1.89. The maximum Gasteiger partial charge on any atom is 0.337 e. The Labute approximate surface area is 206 Å². The van der Waals surface area contributed by atoms with E-state index < -0.39 is 11.2 Å². The Hall–Kier alpha value is -3.49. The number of thioether (sulfide) groups is 1. The van der Waals surface area contributed by atoms with E-state index in [1.54, 1.807) is 48.5 Å². The van der Waals surface area contributed by atoms with E-state index in [9.17, 15) is 19.5 Å². The minimum absolute atomic E-state index is 0.0837. The van der Waals surface area contributed by atoms with E-state index in [4.69, 9.17) is 16.3 Å². The Morgan fingerprint density at radius 1 is 1.00 bits per heavy atom. The molecule has 0 radical (unpaired) electrons. The molecule has 1 atom stereocenters. The molecule has 7 nitrogen and oxygen atoms in total. The number of hydrogen-bond donors (Lipinski definition) is 3. The number of benzene rings is 3. The average Bonchev–Trinajstić information content (AvgIpc) is 2.83. The van der Waals surface area contributed by atoms with Crippen LogP contribution >= 0.6 is 23.4 Å². The molecule has 9 heteroatoms. The second kappa shape index (κ2) is 11.6. The van der Waals surface area contributed by atoms with Crippen LogP contribution in [-0.2, 0) is 4.79 Å². The summed E-state index contributed by atoms with van der Waals surface area (Å²) in [4.78, 5) is 37.5. The lowest BCUT2D eigenvalue weighted by Gasteiger charge is -2.16. The lowest BCUT2D eigenvalue weighted by molar-refractivity contribution is -0.115. The van der Waals surface area contributed by atoms with Crippen LogP contribution in [0.2, 0.25) is 5.02 Å². The van der Waals surface area contributed by atoms with Gasteiger partial charge in [0.05, 0.1) is 22.9 Å². The van der Waals surface area contributed by atoms with Crippen LogP contribution in [0.15, 0.2) is 71.6 Å². The smallest absolute Gasteiger partial charge is 0.337 e. The minimum atomic E-state index is -1.17. The molecule has 0 heterocycles. The molecule has 0 aliphatic carbocycles. The van der Waals surface area contributed by atoms with Crippen LogP contribution in [0.25, 0.3) is 0 Å². The molecule has 0 aliphatic rings. The highest BCUT2D eigenvalue weighted by atomic mass is 35.5. The highest BCUT2D eigenvalue weighted by Crippen LogP contribution is 2.29. The molecule has 2 amide bonds. The zero-order valence-corrected chi connectivity index (χ0v) is 20.1. The van der Waals surface area contributed by atoms with Gasteiger partial charge in [-0.3, -0.25) is 9.59 Å². The monoisotopic (exact) mass is 498 g/mol. The maximum atomic E-state index is 12.8. The second-order valence-electron chi connectivity index (χ2n) is 7.22. The van der Waals surface area contributed by atoms with Gasteiger partial charge in [-0.2, -0.15) is 0 Å². The summed E-state index contributed by atoms with van der Waals surface area (Å²) in [6.07, 6.45) is 0.538. The lowest BCUT2D eigenvalue weighted by Crippen LogP contribution is -2.24. The van der Waals surface area contributed by atoms with Crippen LogP contribution in [0.4, 0.5) is 11.4 Å². The first kappa shape index (κ1) is 25.1. The molecule has 0 fully saturated rings. The van der Waals surface area contributed by atoms with Crippen LogP contribution in [-0.4, -0.2) is 35.2 Å². The molecule has 0 bridgehead atoms. The van der Waals surface area contributed by atoms with Crippen molar-refractivity contribution in [2.24, 2.45) is 0 Å². The predicted molar refractivity (Wildman–Crippen MR) is 134 cm³/mol. The molecule has 3 rings (SSSR count). The number of ether oxygens (including phenoxy) is 1. The van der Waals surface area contributed by atoms with Crippen molar-refractivity contribution >= 4 is 52.5 Å². The molecule has 3 aromatic carbocycles. The number of hydrogen-bond acceptors (Lipinski definition) is 5. The van der Waals surface area contributed by atoms with Gasteiger partial charge in [-0.25, -0.2) is 4.79 Å². The number of carbonyl (C=O) groups is 3. The van der Waals surface area contributed by atoms with Gasteiger partial charge in [0.15, 0.2) is 0 Å². The van der Waals surface area contributed by atoms with Crippen LogP contribution in [0, 0.1) is 0 Å². The third kappa shape index (κ3) is 6.52. The fourth-order valence-electron chi connectivity index (χ4n) is 3.09. The molecule has 1 unspecified atom stereocenters. The van der Waals surface area contributed by atoms with Crippen molar-refractivity contribution < 1.29 is 24.2 Å². The largest absolute Gasteiger partial charge is 0.497 e. The van der Waals surface area contributed by atoms with E-state index >= 15 is 0 Å². The zero-order chi connectivity index (χ0) is 24.7. The zero-order valence-electron chi connectivity index (χ0n) is 18.5. The molecular weight excluding hydrogens is 476 g/mol. The Kier molecular flexibility index (Phi) is 8.56. The quantitative estimate of drug-likeness (QED) is 0.322. The molecule has 0 aliphatic heterocycles. The number of aromatic carboxylic acids is 1. The number of methoxy groups -OCH3 is 1. The van der Waals surface area contributed by atoms with E-state index in [-0.39, 0.29) is 22.4 Å². The van der Waals surface area contributed by atoms with Gasteiger partial charge in [-0.15, -0.1) is 11.8 Å². The van der Waals surface area contributed by atoms with Crippen LogP contribution in [0.5, 0.6) is 5.75 Å². The summed E-state index contributed by atoms with van der Waals surface area (Å²) < 4.78 is 5.16. The highest BCUT2D eigenvalue weighted by molar-refractivity contribution is 8.00. The van der Waals surface area contributed by atoms with Gasteiger partial charge >= 0.3 is 5.97 Å². The van der Waals surface area contributed by atoms with Crippen LogP contribution in [0.3, 0.4) is 0 Å². The predicted octanol–water partition coefficient (Wildman–Crippen LogP) is 5.81. The van der Waals surface area contributed by atoms with E-state index in [0.717, 1.165) is 4.90 Å². The fourth-order valence-corrected chi connectivity index (χ4v) is 4.30. The van der Waals surface area contributed by atoms with Crippen molar-refractivity contribution in [2.45, 2.75) is 23.5 Å². The van der Waals surface area contributed by atoms with Crippen molar-refractivity contribution in [1.82, 2.24) is 0 Å². The van der Waals surface area contributed by atoms with Crippen molar-refractivity contribution in [3.05, 3.63) is 82.9 Å². The highest BCUT2D eigenvalue weighted by Gasteiger charge is 2.19. The Balaban J connectivity index is 1.68. The van der Waals surface area contributed by atoms with Crippen LogP contribution < -0.4 is 15.4 Å². The molecule has 0 aromatic heterocycles. The third-order valence-electron chi connectivity index (χ3n) is 4.83. The number of anilines is 2. The summed E-state index contributed by atoms with van der Waals surface area (Å²) >= 11 is 7.24. The van der Waals surface area contributed by atoms with Gasteiger partial charge in [-0.1, -0.05) is 30.7 Å². The third-order valence-corrected chi connectivity index (χ3v) is 6.52. The van der Waals surface area contributed by atoms with E-state index in [1.165, 1.54) is 31.0 Å². The number of rotatable bonds is 9. The fraction of sp³-hybridized carbons (Fsp3) is 0.160. The van der Waals surface area contributed by atoms with E-state index in [1.807, 2.05) is 13.0 Å². The Morgan fingerprint density at radius 3 is 2.44 bits per heavy atom. The molecule has 0 spiro atoms. The summed E-state index contributed by atoms with van der Waals surface area (Å²) in [5.74, 6) is -1.12. The summed E-state index contributed by atoms with van der Waals surface area (Å²) in [5, 5.41) is 14.5. The standard InChI is InChI=1S/C25H23ClN2O5S/c1-3-22(24(30)28-17-10-11-21(26)20(14-17)25(31)32)34-19-9-5-7-16(13-19)27-23(29)15-6-4-8-18(12-15)33-2/h4-14,22H,3H2,1-2H3,(H,27,29)(H,28,30)(H,31,32). The number of carboxylic acids is 1. The number of amides is 2. The van der Waals surface area contributed by atoms with Crippen molar-refractivity contribution in [1.29, 1.82) is 0 Å². The molecule has 3 aromatic rings. The first-order valence-corrected chi connectivity index (χ1v) is 11.6. The van der Waals surface area contributed by atoms with Crippen molar-refractivity contribution in [3.63, 3.8) is 0 Å². The van der Waals surface area contributed by atoms with Gasteiger partial charge in [0, 0.05) is 21.8 Å². The number of carbonyl (C=O) groups excluding carboxylic acids is 2. The minimum Gasteiger partial charge on any atom is -0.497 e. The first-order chi connectivity index (χ1) is 16.3. The van der Waals surface area contributed by atoms with Gasteiger partial charge in [0.1, 0.15) is 5.75 Å². The topological polar surface area (TPSA) is 105 Å². The Bertz CT molecular complexity index is 1220. The molecule has 0 saturated carbocycles. The van der Waals surface area contributed by atoms with E-state index in [0.29, 0.717) is 29.1 Å². The number of halogens is 1. The molecule has 176 valence electrons.